The Morgan fingerprint density at radius 2 is 1.71 bits per heavy atom. The smallest absolute Gasteiger partial charge is 0.255 e. The maximum absolute atomic E-state index is 12.1. The molecule has 1 amide bonds. The highest BCUT2D eigenvalue weighted by atomic mass is 27.0. The van der Waals surface area contributed by atoms with Crippen LogP contribution in [0.5, 0.6) is 0 Å². The molecule has 3 N–H and O–H groups in total. The SMILES string of the molecule is Nc1ccccc1NC(=O)c1ccc(/C=C/[C](=O)[Al])cc1. The van der Waals surface area contributed by atoms with Crippen LogP contribution in [0, 0.1) is 0 Å². The van der Waals surface area contributed by atoms with Gasteiger partial charge in [0.15, 0.2) is 0 Å². The largest absolute Gasteiger partial charge is 0.397 e. The van der Waals surface area contributed by atoms with Crippen LogP contribution >= 0.6 is 0 Å². The highest BCUT2D eigenvalue weighted by Gasteiger charge is 2.07. The average molecular weight is 292 g/mol. The van der Waals surface area contributed by atoms with E-state index in [1.807, 2.05) is 0 Å². The minimum Gasteiger partial charge on any atom is -0.397 e. The number of nitrogens with one attached hydrogen (secondary N) is 1. The number of nitrogens with two attached hydrogens (primary N) is 1. The third-order valence-corrected chi connectivity index (χ3v) is 3.01. The first-order valence-corrected chi connectivity index (χ1v) is 6.87. The van der Waals surface area contributed by atoms with Crippen LogP contribution in [-0.2, 0) is 4.79 Å². The Bertz CT molecular complexity index is 694. The van der Waals surface area contributed by atoms with Gasteiger partial charge in [0, 0.05) is 10.2 Å². The van der Waals surface area contributed by atoms with Gasteiger partial charge < -0.3 is 15.8 Å². The van der Waals surface area contributed by atoms with Crippen molar-refractivity contribution < 1.29 is 9.59 Å². The van der Waals surface area contributed by atoms with Gasteiger partial charge in [0.25, 0.3) is 5.91 Å². The Balaban J connectivity index is 2.10. The Morgan fingerprint density at radius 3 is 2.33 bits per heavy atom. The van der Waals surface area contributed by atoms with Crippen molar-refractivity contribution in [2.45, 2.75) is 0 Å². The summed E-state index contributed by atoms with van der Waals surface area (Å²) in [7, 11) is 0. The van der Waals surface area contributed by atoms with E-state index in [9.17, 15) is 9.59 Å². The molecular weight excluding hydrogens is 279 g/mol. The quantitative estimate of drug-likeness (QED) is 0.515. The van der Waals surface area contributed by atoms with E-state index in [0.29, 0.717) is 16.9 Å². The summed E-state index contributed by atoms with van der Waals surface area (Å²) in [5.41, 5.74) is 8.25. The number of carbonyl (C=O) groups excluding carboxylic acids is 2. The van der Waals surface area contributed by atoms with E-state index in [-0.39, 0.29) is 10.6 Å². The summed E-state index contributed by atoms with van der Waals surface area (Å²) < 4.78 is -0.101. The molecule has 0 aliphatic carbocycles. The van der Waals surface area contributed by atoms with E-state index in [0.717, 1.165) is 5.56 Å². The maximum atomic E-state index is 12.1. The van der Waals surface area contributed by atoms with E-state index >= 15 is 0 Å². The van der Waals surface area contributed by atoms with Crippen molar-refractivity contribution in [2.24, 2.45) is 0 Å². The summed E-state index contributed by atoms with van der Waals surface area (Å²) in [6.07, 6.45) is 3.14. The second-order valence-corrected chi connectivity index (χ2v) is 4.97. The van der Waals surface area contributed by atoms with Crippen molar-refractivity contribution in [3.63, 3.8) is 0 Å². The first kappa shape index (κ1) is 15.0. The van der Waals surface area contributed by atoms with Crippen molar-refractivity contribution in [3.05, 3.63) is 65.7 Å². The standard InChI is InChI=1S/C16H13N2O2.Al/c17-14-5-1-2-6-15(14)18-16(20)13-9-7-12(8-10-13)4-3-11-19;/h1-10H,17H2,(H,18,20);/b4-3+;. The zero-order valence-electron chi connectivity index (χ0n) is 11.2. The average Bonchev–Trinajstić information content (AvgIpc) is 2.48. The van der Waals surface area contributed by atoms with Gasteiger partial charge in [0.1, 0.15) is 0 Å². The second-order valence-electron chi connectivity index (χ2n) is 4.40. The third-order valence-electron chi connectivity index (χ3n) is 2.82. The maximum Gasteiger partial charge on any atom is 0.255 e. The molecule has 0 heterocycles. The highest BCUT2D eigenvalue weighted by molar-refractivity contribution is 6.61. The number of hydrogen-bond acceptors (Lipinski definition) is 3. The predicted octanol–water partition coefficient (Wildman–Crippen LogP) is 2.23. The number of nitrogen functional groups attached to an aromatic ring is 1. The molecule has 5 heteroatoms. The Labute approximate surface area is 131 Å². The minimum atomic E-state index is -0.231. The lowest BCUT2D eigenvalue weighted by Gasteiger charge is -2.07. The fourth-order valence-corrected chi connectivity index (χ4v) is 1.83. The molecule has 0 spiro atoms. The zero-order chi connectivity index (χ0) is 15.2. The summed E-state index contributed by atoms with van der Waals surface area (Å²) in [5, 5.41) is 2.76. The number of para-hydroxylation sites is 2. The van der Waals surface area contributed by atoms with E-state index in [4.69, 9.17) is 5.73 Å². The number of allylic oxidation sites excluding steroid dienone is 1. The molecule has 2 aromatic rings. The van der Waals surface area contributed by atoms with Crippen LogP contribution in [0.15, 0.2) is 54.6 Å². The topological polar surface area (TPSA) is 72.2 Å². The molecule has 0 saturated carbocycles. The van der Waals surface area contributed by atoms with E-state index < -0.39 is 0 Å². The van der Waals surface area contributed by atoms with Crippen LogP contribution < -0.4 is 11.1 Å². The molecule has 0 fully saturated rings. The van der Waals surface area contributed by atoms with Gasteiger partial charge in [-0.1, -0.05) is 30.3 Å². The first-order valence-electron chi connectivity index (χ1n) is 6.29. The fourth-order valence-electron chi connectivity index (χ4n) is 1.73. The van der Waals surface area contributed by atoms with Gasteiger partial charge in [-0.15, -0.1) is 0 Å². The van der Waals surface area contributed by atoms with E-state index in [1.165, 1.54) is 6.08 Å². The molecule has 0 aromatic heterocycles. The number of amides is 1. The van der Waals surface area contributed by atoms with E-state index in [1.54, 1.807) is 54.6 Å². The van der Waals surface area contributed by atoms with Crippen LogP contribution in [0.25, 0.3) is 6.08 Å². The highest BCUT2D eigenvalue weighted by Crippen LogP contribution is 2.18. The van der Waals surface area contributed by atoms with Gasteiger partial charge in [-0.25, -0.2) is 0 Å². The fraction of sp³-hybridized carbons (Fsp3) is 0. The summed E-state index contributed by atoms with van der Waals surface area (Å²) in [4.78, 5) is 22.9. The van der Waals surface area contributed by atoms with Crippen molar-refractivity contribution in [1.29, 1.82) is 0 Å². The monoisotopic (exact) mass is 292 g/mol. The molecular formula is C16H13AlN2O2. The molecule has 21 heavy (non-hydrogen) atoms. The predicted molar refractivity (Wildman–Crippen MR) is 85.0 cm³/mol. The molecule has 0 aliphatic rings. The van der Waals surface area contributed by atoms with Gasteiger partial charge in [-0.05, 0) is 35.9 Å². The minimum absolute atomic E-state index is 0.101. The van der Waals surface area contributed by atoms with Crippen molar-refractivity contribution >= 4 is 44.3 Å². The first-order chi connectivity index (χ1) is 10.1. The lowest BCUT2D eigenvalue weighted by molar-refractivity contribution is -0.107. The van der Waals surface area contributed by atoms with E-state index in [2.05, 4.69) is 21.6 Å². The molecule has 0 atom stereocenters. The van der Waals surface area contributed by atoms with Crippen molar-refractivity contribution in [1.82, 2.24) is 0 Å². The van der Waals surface area contributed by atoms with Crippen LogP contribution in [0.1, 0.15) is 15.9 Å². The number of rotatable bonds is 4. The molecule has 2 radical (unpaired) electrons. The Kier molecular flexibility index (Phi) is 4.94. The molecule has 0 unspecified atom stereocenters. The summed E-state index contributed by atoms with van der Waals surface area (Å²) in [6, 6.07) is 14.0. The van der Waals surface area contributed by atoms with Gasteiger partial charge >= 0.3 is 0 Å². The third kappa shape index (κ3) is 4.32. The summed E-state index contributed by atoms with van der Waals surface area (Å²) in [5.74, 6) is -0.231. The Morgan fingerprint density at radius 1 is 1.05 bits per heavy atom. The van der Waals surface area contributed by atoms with Gasteiger partial charge in [0.2, 0.25) is 16.3 Å². The van der Waals surface area contributed by atoms with Gasteiger partial charge in [0.05, 0.1) is 11.4 Å². The molecule has 0 bridgehead atoms. The molecule has 102 valence electrons. The summed E-state index contributed by atoms with van der Waals surface area (Å²) >= 11 is 2.08. The van der Waals surface area contributed by atoms with Crippen molar-refractivity contribution in [2.75, 3.05) is 11.1 Å². The number of carbonyl (C=O) groups is 2. The number of benzene rings is 2. The van der Waals surface area contributed by atoms with Crippen LogP contribution in [0.4, 0.5) is 11.4 Å². The van der Waals surface area contributed by atoms with Gasteiger partial charge in [-0.3, -0.25) is 4.79 Å². The normalized spacial score (nSPS) is 10.5. The zero-order valence-corrected chi connectivity index (χ0v) is 12.4. The molecule has 0 saturated heterocycles. The lowest BCUT2D eigenvalue weighted by atomic mass is 10.1. The van der Waals surface area contributed by atoms with Crippen LogP contribution in [0.3, 0.4) is 0 Å². The molecule has 2 rings (SSSR count). The number of anilines is 2. The van der Waals surface area contributed by atoms with Crippen LogP contribution in [0.2, 0.25) is 0 Å². The second kappa shape index (κ2) is 6.89. The van der Waals surface area contributed by atoms with Crippen molar-refractivity contribution in [3.8, 4) is 0 Å². The molecule has 2 aromatic carbocycles. The summed E-state index contributed by atoms with van der Waals surface area (Å²) in [6.45, 7) is 0. The lowest BCUT2D eigenvalue weighted by Crippen LogP contribution is -2.12. The van der Waals surface area contributed by atoms with Crippen LogP contribution in [-0.4, -0.2) is 26.8 Å². The Hall–Kier alpha value is -2.35. The van der Waals surface area contributed by atoms with Gasteiger partial charge in [-0.2, -0.15) is 0 Å². The molecule has 4 nitrogen and oxygen atoms in total. The number of hydrogen-bond donors (Lipinski definition) is 2. The molecule has 0 aliphatic heterocycles.